The Kier molecular flexibility index (Phi) is 2.56. The van der Waals surface area contributed by atoms with E-state index in [9.17, 15) is 0 Å². The van der Waals surface area contributed by atoms with Gasteiger partial charge in [0.15, 0.2) is 0 Å². The number of nitrogens with zero attached hydrogens (tertiary/aromatic N) is 5. The Morgan fingerprint density at radius 1 is 1.05 bits per heavy atom. The van der Waals surface area contributed by atoms with E-state index < -0.39 is 0 Å². The Morgan fingerprint density at radius 3 is 2.47 bits per heavy atom. The van der Waals surface area contributed by atoms with Crippen LogP contribution in [0.1, 0.15) is 5.69 Å². The zero-order valence-electron chi connectivity index (χ0n) is 10.8. The van der Waals surface area contributed by atoms with Gasteiger partial charge in [0, 0.05) is 18.2 Å². The van der Waals surface area contributed by atoms with Gasteiger partial charge in [-0.15, -0.1) is 0 Å². The number of para-hydroxylation sites is 1. The average Bonchev–Trinajstić information content (AvgIpc) is 2.98. The molecule has 6 heteroatoms. The van der Waals surface area contributed by atoms with Crippen LogP contribution in [0.2, 0.25) is 0 Å². The van der Waals surface area contributed by atoms with E-state index in [0.717, 1.165) is 22.5 Å². The highest BCUT2D eigenvalue weighted by Crippen LogP contribution is 2.29. The summed E-state index contributed by atoms with van der Waals surface area (Å²) in [5, 5.41) is 12.8. The molecule has 0 bridgehead atoms. The lowest BCUT2D eigenvalue weighted by Crippen LogP contribution is -2.02. The lowest BCUT2D eigenvalue weighted by atomic mass is 10.1. The highest BCUT2D eigenvalue weighted by Gasteiger charge is 2.13. The van der Waals surface area contributed by atoms with Gasteiger partial charge in [-0.05, 0) is 13.0 Å². The summed E-state index contributed by atoms with van der Waals surface area (Å²) >= 11 is 0. The molecule has 0 aliphatic carbocycles. The van der Waals surface area contributed by atoms with E-state index in [1.54, 1.807) is 21.9 Å². The molecule has 0 saturated carbocycles. The third kappa shape index (κ3) is 1.87. The van der Waals surface area contributed by atoms with Crippen molar-refractivity contribution in [1.29, 1.82) is 0 Å². The minimum atomic E-state index is 0.622. The van der Waals surface area contributed by atoms with E-state index in [1.165, 1.54) is 0 Å². The maximum Gasteiger partial charge on any atom is 0.129 e. The smallest absolute Gasteiger partial charge is 0.129 e. The Morgan fingerprint density at radius 2 is 1.84 bits per heavy atom. The first-order valence-electron chi connectivity index (χ1n) is 5.93. The van der Waals surface area contributed by atoms with Gasteiger partial charge in [-0.3, -0.25) is 4.68 Å². The van der Waals surface area contributed by atoms with E-state index in [-0.39, 0.29) is 0 Å². The van der Waals surface area contributed by atoms with Crippen LogP contribution in [-0.4, -0.2) is 24.8 Å². The number of nitrogen functional groups attached to an aromatic ring is 1. The first-order valence-corrected chi connectivity index (χ1v) is 5.93. The van der Waals surface area contributed by atoms with Gasteiger partial charge in [0.05, 0.1) is 23.8 Å². The van der Waals surface area contributed by atoms with Gasteiger partial charge in [0.1, 0.15) is 5.82 Å². The highest BCUT2D eigenvalue weighted by molar-refractivity contribution is 5.79. The minimum absolute atomic E-state index is 0.622. The molecule has 3 rings (SSSR count). The molecule has 6 nitrogen and oxygen atoms in total. The fourth-order valence-corrected chi connectivity index (χ4v) is 1.99. The molecular formula is C13H14N6. The largest absolute Gasteiger partial charge is 0.383 e. The van der Waals surface area contributed by atoms with Crippen LogP contribution < -0.4 is 5.73 Å². The summed E-state index contributed by atoms with van der Waals surface area (Å²) in [6.45, 7) is 1.91. The van der Waals surface area contributed by atoms with Crippen molar-refractivity contribution in [2.45, 2.75) is 6.92 Å². The van der Waals surface area contributed by atoms with Gasteiger partial charge in [-0.25, -0.2) is 0 Å². The summed E-state index contributed by atoms with van der Waals surface area (Å²) in [6.07, 6.45) is 3.48. The van der Waals surface area contributed by atoms with Crippen molar-refractivity contribution >= 4 is 5.82 Å². The summed E-state index contributed by atoms with van der Waals surface area (Å²) in [6, 6.07) is 7.86. The van der Waals surface area contributed by atoms with Crippen molar-refractivity contribution in [2.24, 2.45) is 7.05 Å². The zero-order valence-corrected chi connectivity index (χ0v) is 10.8. The Hall–Kier alpha value is -2.63. The van der Waals surface area contributed by atoms with Gasteiger partial charge in [0.25, 0.3) is 0 Å². The quantitative estimate of drug-likeness (QED) is 0.753. The second-order valence-electron chi connectivity index (χ2n) is 4.36. The molecule has 0 unspecified atom stereocenters. The number of rotatable bonds is 2. The number of hydrogen-bond donors (Lipinski definition) is 1. The topological polar surface area (TPSA) is 74.5 Å². The van der Waals surface area contributed by atoms with Gasteiger partial charge < -0.3 is 5.73 Å². The number of aromatic nitrogens is 5. The maximum absolute atomic E-state index is 6.04. The Labute approximate surface area is 110 Å². The van der Waals surface area contributed by atoms with E-state index in [0.29, 0.717) is 5.82 Å². The van der Waals surface area contributed by atoms with E-state index in [4.69, 9.17) is 5.73 Å². The molecule has 0 radical (unpaired) electrons. The van der Waals surface area contributed by atoms with Crippen LogP contribution >= 0.6 is 0 Å². The molecule has 0 aliphatic rings. The molecule has 2 N–H and O–H groups in total. The fourth-order valence-electron chi connectivity index (χ4n) is 1.99. The van der Waals surface area contributed by atoms with Gasteiger partial charge in [-0.1, -0.05) is 18.2 Å². The second kappa shape index (κ2) is 4.24. The Balaban J connectivity index is 2.20. The van der Waals surface area contributed by atoms with Crippen LogP contribution in [0.15, 0.2) is 36.7 Å². The molecule has 96 valence electrons. The number of nitrogens with two attached hydrogens (primary N) is 1. The van der Waals surface area contributed by atoms with Crippen LogP contribution in [0, 0.1) is 6.92 Å². The second-order valence-corrected chi connectivity index (χ2v) is 4.36. The molecule has 0 fully saturated rings. The molecule has 0 atom stereocenters. The molecule has 3 aromatic rings. The molecular weight excluding hydrogens is 240 g/mol. The normalized spacial score (nSPS) is 10.8. The number of anilines is 1. The number of hydrogen-bond acceptors (Lipinski definition) is 4. The van der Waals surface area contributed by atoms with E-state index in [2.05, 4.69) is 15.3 Å². The first kappa shape index (κ1) is 11.5. The number of aryl methyl sites for hydroxylation is 2. The summed E-state index contributed by atoms with van der Waals surface area (Å²) < 4.78 is 1.65. The predicted octanol–water partition coefficient (Wildman–Crippen LogP) is 1.56. The summed E-state index contributed by atoms with van der Waals surface area (Å²) in [5.74, 6) is 0.622. The van der Waals surface area contributed by atoms with Crippen molar-refractivity contribution in [1.82, 2.24) is 24.8 Å². The van der Waals surface area contributed by atoms with Gasteiger partial charge >= 0.3 is 0 Å². The lowest BCUT2D eigenvalue weighted by molar-refractivity contribution is 0.747. The summed E-state index contributed by atoms with van der Waals surface area (Å²) in [4.78, 5) is 1.61. The van der Waals surface area contributed by atoms with Crippen molar-refractivity contribution in [3.8, 4) is 16.8 Å². The standard InChI is InChI=1S/C13H14N6/c1-9-7-16-19(17-9)12-6-4-3-5-10(12)11-8-15-18(2)13(11)14/h3-8H,14H2,1-2H3. The van der Waals surface area contributed by atoms with Crippen molar-refractivity contribution in [3.05, 3.63) is 42.4 Å². The van der Waals surface area contributed by atoms with Crippen LogP contribution in [0.5, 0.6) is 0 Å². The Bertz CT molecular complexity index is 724. The minimum Gasteiger partial charge on any atom is -0.383 e. The van der Waals surface area contributed by atoms with Gasteiger partial charge in [0.2, 0.25) is 0 Å². The van der Waals surface area contributed by atoms with Crippen molar-refractivity contribution < 1.29 is 0 Å². The van der Waals surface area contributed by atoms with Crippen LogP contribution in [0.25, 0.3) is 16.8 Å². The third-order valence-electron chi connectivity index (χ3n) is 3.00. The SMILES string of the molecule is Cc1cnn(-c2ccccc2-c2cnn(C)c2N)n1. The molecule has 0 saturated heterocycles. The average molecular weight is 254 g/mol. The molecule has 2 aromatic heterocycles. The van der Waals surface area contributed by atoms with Crippen LogP contribution in [0.3, 0.4) is 0 Å². The molecule has 0 spiro atoms. The van der Waals surface area contributed by atoms with E-state index in [1.807, 2.05) is 38.2 Å². The summed E-state index contributed by atoms with van der Waals surface area (Å²) in [7, 11) is 1.82. The zero-order chi connectivity index (χ0) is 13.4. The molecule has 2 heterocycles. The number of benzene rings is 1. The molecule has 1 aromatic carbocycles. The van der Waals surface area contributed by atoms with Crippen LogP contribution in [0.4, 0.5) is 5.82 Å². The lowest BCUT2D eigenvalue weighted by Gasteiger charge is -2.07. The van der Waals surface area contributed by atoms with Crippen molar-refractivity contribution in [3.63, 3.8) is 0 Å². The molecule has 0 amide bonds. The van der Waals surface area contributed by atoms with Crippen LogP contribution in [-0.2, 0) is 7.05 Å². The molecule has 19 heavy (non-hydrogen) atoms. The highest BCUT2D eigenvalue weighted by atomic mass is 15.5. The predicted molar refractivity (Wildman–Crippen MR) is 72.7 cm³/mol. The van der Waals surface area contributed by atoms with E-state index >= 15 is 0 Å². The third-order valence-corrected chi connectivity index (χ3v) is 3.00. The van der Waals surface area contributed by atoms with Crippen molar-refractivity contribution in [2.75, 3.05) is 5.73 Å². The molecule has 0 aliphatic heterocycles. The van der Waals surface area contributed by atoms with Gasteiger partial charge in [-0.2, -0.15) is 20.1 Å². The monoisotopic (exact) mass is 254 g/mol. The summed E-state index contributed by atoms with van der Waals surface area (Å²) in [5.41, 5.74) is 9.64. The first-order chi connectivity index (χ1) is 9.16. The fraction of sp³-hybridized carbons (Fsp3) is 0.154. The maximum atomic E-state index is 6.04.